The molecule has 0 radical (unpaired) electrons. The molecular formula is C10H16N4O. The molecule has 1 aliphatic heterocycles. The fraction of sp³-hybridized carbons (Fsp3) is 0.600. The summed E-state index contributed by atoms with van der Waals surface area (Å²) in [6.45, 7) is 2.00. The van der Waals surface area contributed by atoms with Gasteiger partial charge in [0.15, 0.2) is 0 Å². The van der Waals surface area contributed by atoms with Gasteiger partial charge in [0.05, 0.1) is 24.7 Å². The summed E-state index contributed by atoms with van der Waals surface area (Å²) >= 11 is 0. The van der Waals surface area contributed by atoms with Crippen molar-refractivity contribution in [2.45, 2.75) is 25.4 Å². The highest BCUT2D eigenvalue weighted by atomic mass is 16.3. The SMILES string of the molecule is Nc1cnc(CN2CCCC2CO)cn1. The van der Waals surface area contributed by atoms with E-state index in [2.05, 4.69) is 14.9 Å². The Morgan fingerprint density at radius 3 is 3.00 bits per heavy atom. The lowest BCUT2D eigenvalue weighted by atomic mass is 10.2. The molecule has 1 aromatic rings. The van der Waals surface area contributed by atoms with Crippen LogP contribution in [0.15, 0.2) is 12.4 Å². The molecule has 1 saturated heterocycles. The van der Waals surface area contributed by atoms with Crippen LogP contribution in [0.5, 0.6) is 0 Å². The predicted molar refractivity (Wildman–Crippen MR) is 57.0 cm³/mol. The zero-order valence-corrected chi connectivity index (χ0v) is 8.63. The van der Waals surface area contributed by atoms with Crippen LogP contribution in [-0.4, -0.2) is 39.2 Å². The Morgan fingerprint density at radius 1 is 1.47 bits per heavy atom. The third-order valence-electron chi connectivity index (χ3n) is 2.80. The molecular weight excluding hydrogens is 192 g/mol. The Kier molecular flexibility index (Phi) is 3.13. The summed E-state index contributed by atoms with van der Waals surface area (Å²) in [5, 5.41) is 9.16. The van der Waals surface area contributed by atoms with Gasteiger partial charge >= 0.3 is 0 Å². The van der Waals surface area contributed by atoms with Gasteiger partial charge in [-0.1, -0.05) is 0 Å². The van der Waals surface area contributed by atoms with Gasteiger partial charge in [-0.25, -0.2) is 4.98 Å². The first-order valence-electron chi connectivity index (χ1n) is 5.21. The average molecular weight is 208 g/mol. The van der Waals surface area contributed by atoms with Crippen LogP contribution >= 0.6 is 0 Å². The smallest absolute Gasteiger partial charge is 0.141 e. The second kappa shape index (κ2) is 4.55. The van der Waals surface area contributed by atoms with Gasteiger partial charge < -0.3 is 10.8 Å². The monoisotopic (exact) mass is 208 g/mol. The van der Waals surface area contributed by atoms with E-state index < -0.39 is 0 Å². The summed E-state index contributed by atoms with van der Waals surface area (Å²) in [4.78, 5) is 10.4. The Labute approximate surface area is 88.9 Å². The lowest BCUT2D eigenvalue weighted by Gasteiger charge is -2.21. The number of hydrogen-bond donors (Lipinski definition) is 2. The van der Waals surface area contributed by atoms with Crippen LogP contribution in [0, 0.1) is 0 Å². The van der Waals surface area contributed by atoms with Crippen LogP contribution in [0.25, 0.3) is 0 Å². The first kappa shape index (κ1) is 10.3. The van der Waals surface area contributed by atoms with Gasteiger partial charge in [0, 0.05) is 12.6 Å². The van der Waals surface area contributed by atoms with E-state index >= 15 is 0 Å². The maximum Gasteiger partial charge on any atom is 0.141 e. The largest absolute Gasteiger partial charge is 0.395 e. The van der Waals surface area contributed by atoms with E-state index in [0.717, 1.165) is 31.6 Å². The molecule has 5 nitrogen and oxygen atoms in total. The number of rotatable bonds is 3. The second-order valence-corrected chi connectivity index (χ2v) is 3.88. The van der Waals surface area contributed by atoms with Crippen molar-refractivity contribution in [1.82, 2.24) is 14.9 Å². The highest BCUT2D eigenvalue weighted by Gasteiger charge is 2.23. The Balaban J connectivity index is 1.99. The van der Waals surface area contributed by atoms with E-state index in [1.165, 1.54) is 0 Å². The van der Waals surface area contributed by atoms with Crippen molar-refractivity contribution in [3.63, 3.8) is 0 Å². The van der Waals surface area contributed by atoms with Crippen LogP contribution in [-0.2, 0) is 6.54 Å². The van der Waals surface area contributed by atoms with Gasteiger partial charge in [0.2, 0.25) is 0 Å². The normalized spacial score (nSPS) is 22.1. The minimum absolute atomic E-state index is 0.225. The third kappa shape index (κ3) is 2.43. The van der Waals surface area contributed by atoms with Crippen molar-refractivity contribution in [3.8, 4) is 0 Å². The van der Waals surface area contributed by atoms with E-state index in [-0.39, 0.29) is 12.6 Å². The fourth-order valence-electron chi connectivity index (χ4n) is 1.96. The highest BCUT2D eigenvalue weighted by molar-refractivity contribution is 5.22. The Hall–Kier alpha value is -1.20. The number of nitrogens with zero attached hydrogens (tertiary/aromatic N) is 3. The quantitative estimate of drug-likeness (QED) is 0.732. The predicted octanol–water partition coefficient (Wildman–Crippen LogP) is 0.0155. The van der Waals surface area contributed by atoms with Crippen LogP contribution < -0.4 is 5.73 Å². The van der Waals surface area contributed by atoms with E-state index in [4.69, 9.17) is 10.8 Å². The number of aliphatic hydroxyl groups excluding tert-OH is 1. The summed E-state index contributed by atoms with van der Waals surface area (Å²) in [7, 11) is 0. The average Bonchev–Trinajstić information content (AvgIpc) is 2.69. The molecule has 0 amide bonds. The summed E-state index contributed by atoms with van der Waals surface area (Å²) in [5.41, 5.74) is 6.37. The van der Waals surface area contributed by atoms with Gasteiger partial charge in [-0.2, -0.15) is 0 Å². The van der Waals surface area contributed by atoms with Crippen LogP contribution in [0.4, 0.5) is 5.82 Å². The van der Waals surface area contributed by atoms with Crippen molar-refractivity contribution in [2.24, 2.45) is 0 Å². The first-order valence-corrected chi connectivity index (χ1v) is 5.21. The maximum absolute atomic E-state index is 9.16. The molecule has 1 aliphatic rings. The molecule has 3 N–H and O–H groups in total. The molecule has 1 unspecified atom stereocenters. The van der Waals surface area contributed by atoms with E-state index in [1.807, 2.05) is 0 Å². The molecule has 1 atom stereocenters. The number of aliphatic hydroxyl groups is 1. The second-order valence-electron chi connectivity index (χ2n) is 3.88. The van der Waals surface area contributed by atoms with Crippen LogP contribution in [0.1, 0.15) is 18.5 Å². The number of hydrogen-bond acceptors (Lipinski definition) is 5. The summed E-state index contributed by atoms with van der Waals surface area (Å²) in [6, 6.07) is 0.282. The molecule has 0 aliphatic carbocycles. The standard InChI is InChI=1S/C10H16N4O/c11-10-5-12-8(4-13-10)6-14-3-1-2-9(14)7-15/h4-5,9,15H,1-3,6-7H2,(H2,11,13). The zero-order chi connectivity index (χ0) is 10.7. The van der Waals surface area contributed by atoms with Crippen molar-refractivity contribution < 1.29 is 5.11 Å². The molecule has 5 heteroatoms. The van der Waals surface area contributed by atoms with Crippen LogP contribution in [0.2, 0.25) is 0 Å². The fourth-order valence-corrected chi connectivity index (χ4v) is 1.96. The minimum atomic E-state index is 0.225. The maximum atomic E-state index is 9.16. The van der Waals surface area contributed by atoms with E-state index in [1.54, 1.807) is 12.4 Å². The molecule has 1 fully saturated rings. The Bertz CT molecular complexity index is 314. The molecule has 1 aromatic heterocycles. The molecule has 0 saturated carbocycles. The summed E-state index contributed by atoms with van der Waals surface area (Å²) in [5.74, 6) is 0.443. The molecule has 2 rings (SSSR count). The van der Waals surface area contributed by atoms with Gasteiger partial charge in [-0.15, -0.1) is 0 Å². The molecule has 2 heterocycles. The minimum Gasteiger partial charge on any atom is -0.395 e. The third-order valence-corrected chi connectivity index (χ3v) is 2.80. The molecule has 15 heavy (non-hydrogen) atoms. The van der Waals surface area contributed by atoms with Crippen molar-refractivity contribution in [2.75, 3.05) is 18.9 Å². The van der Waals surface area contributed by atoms with Gasteiger partial charge in [-0.05, 0) is 19.4 Å². The topological polar surface area (TPSA) is 75.3 Å². The van der Waals surface area contributed by atoms with Gasteiger partial charge in [0.25, 0.3) is 0 Å². The van der Waals surface area contributed by atoms with E-state index in [0.29, 0.717) is 5.82 Å². The van der Waals surface area contributed by atoms with Gasteiger partial charge in [-0.3, -0.25) is 9.88 Å². The lowest BCUT2D eigenvalue weighted by molar-refractivity contribution is 0.152. The number of anilines is 1. The van der Waals surface area contributed by atoms with Crippen molar-refractivity contribution >= 4 is 5.82 Å². The highest BCUT2D eigenvalue weighted by Crippen LogP contribution is 2.18. The lowest BCUT2D eigenvalue weighted by Crippen LogP contribution is -2.31. The van der Waals surface area contributed by atoms with Gasteiger partial charge in [0.1, 0.15) is 5.82 Å². The Morgan fingerprint density at radius 2 is 2.33 bits per heavy atom. The first-order chi connectivity index (χ1) is 7.29. The molecule has 0 spiro atoms. The van der Waals surface area contributed by atoms with Crippen molar-refractivity contribution in [1.29, 1.82) is 0 Å². The molecule has 0 bridgehead atoms. The number of aromatic nitrogens is 2. The molecule has 82 valence electrons. The van der Waals surface area contributed by atoms with Crippen LogP contribution in [0.3, 0.4) is 0 Å². The zero-order valence-electron chi connectivity index (χ0n) is 8.63. The summed E-state index contributed by atoms with van der Waals surface area (Å²) < 4.78 is 0. The number of nitrogen functional groups attached to an aromatic ring is 1. The number of nitrogens with two attached hydrogens (primary N) is 1. The molecule has 0 aromatic carbocycles. The summed E-state index contributed by atoms with van der Waals surface area (Å²) in [6.07, 6.45) is 5.48. The van der Waals surface area contributed by atoms with E-state index in [9.17, 15) is 0 Å². The number of likely N-dealkylation sites (tertiary alicyclic amines) is 1. The van der Waals surface area contributed by atoms with Crippen molar-refractivity contribution in [3.05, 3.63) is 18.1 Å².